The van der Waals surface area contributed by atoms with Crippen LogP contribution in [0.1, 0.15) is 23.4 Å². The number of rotatable bonds is 3. The molecular formula is C14H12F2N2O3. The Hall–Kier alpha value is -2.44. The van der Waals surface area contributed by atoms with E-state index < -0.39 is 17.6 Å². The molecule has 0 bridgehead atoms. The van der Waals surface area contributed by atoms with Gasteiger partial charge in [-0.25, -0.2) is 13.6 Å². The Labute approximate surface area is 118 Å². The van der Waals surface area contributed by atoms with E-state index in [0.29, 0.717) is 11.3 Å². The zero-order valence-corrected chi connectivity index (χ0v) is 11.0. The molecule has 1 aromatic carbocycles. The molecule has 2 heterocycles. The highest BCUT2D eigenvalue weighted by atomic mass is 19.2. The molecule has 2 aromatic rings. The number of anilines is 1. The fourth-order valence-electron chi connectivity index (χ4n) is 2.46. The van der Waals surface area contributed by atoms with Crippen molar-refractivity contribution < 1.29 is 23.2 Å². The Kier molecular flexibility index (Phi) is 3.32. The molecule has 1 saturated heterocycles. The third-order valence-electron chi connectivity index (χ3n) is 3.48. The second-order valence-electron chi connectivity index (χ2n) is 4.86. The summed E-state index contributed by atoms with van der Waals surface area (Å²) in [4.78, 5) is 12.8. The molecule has 1 aromatic heterocycles. The second-order valence-corrected chi connectivity index (χ2v) is 4.86. The van der Waals surface area contributed by atoms with Crippen LogP contribution in [0.3, 0.4) is 0 Å². The fraction of sp³-hybridized carbons (Fsp3) is 0.286. The topological polar surface area (TPSA) is 66.6 Å². The number of nitrogens with zero attached hydrogens (tertiary/aromatic N) is 2. The van der Waals surface area contributed by atoms with Crippen LogP contribution in [0.2, 0.25) is 0 Å². The van der Waals surface area contributed by atoms with E-state index in [1.165, 1.54) is 6.07 Å². The maximum absolute atomic E-state index is 13.5. The maximum atomic E-state index is 13.5. The molecule has 0 radical (unpaired) electrons. The number of benzene rings is 1. The van der Waals surface area contributed by atoms with Gasteiger partial charge in [0.05, 0.1) is 0 Å². The molecule has 1 aliphatic heterocycles. The largest absolute Gasteiger partial charge is 0.475 e. The SMILES string of the molecule is O=C(O)c1cc(-c2cc(F)c(F)cc2N2CCCC2)no1. The minimum atomic E-state index is -1.26. The molecule has 1 N–H and O–H groups in total. The van der Waals surface area contributed by atoms with E-state index in [1.54, 1.807) is 0 Å². The summed E-state index contributed by atoms with van der Waals surface area (Å²) in [6, 6.07) is 3.34. The monoisotopic (exact) mass is 294 g/mol. The van der Waals surface area contributed by atoms with Gasteiger partial charge in [-0.3, -0.25) is 0 Å². The lowest BCUT2D eigenvalue weighted by Gasteiger charge is -2.20. The van der Waals surface area contributed by atoms with Crippen LogP contribution in [0.25, 0.3) is 11.3 Å². The number of carboxylic acid groups (broad SMARTS) is 1. The average molecular weight is 294 g/mol. The lowest BCUT2D eigenvalue weighted by Crippen LogP contribution is -2.19. The van der Waals surface area contributed by atoms with Crippen LogP contribution in [0.4, 0.5) is 14.5 Å². The third kappa shape index (κ3) is 2.46. The van der Waals surface area contributed by atoms with E-state index >= 15 is 0 Å². The minimum absolute atomic E-state index is 0.174. The summed E-state index contributed by atoms with van der Waals surface area (Å²) in [5.74, 6) is -3.56. The van der Waals surface area contributed by atoms with Gasteiger partial charge in [0.25, 0.3) is 0 Å². The summed E-state index contributed by atoms with van der Waals surface area (Å²) < 4.78 is 31.7. The highest BCUT2D eigenvalue weighted by molar-refractivity contribution is 5.87. The summed E-state index contributed by atoms with van der Waals surface area (Å²) in [7, 11) is 0. The quantitative estimate of drug-likeness (QED) is 0.942. The van der Waals surface area contributed by atoms with Crippen LogP contribution in [0.5, 0.6) is 0 Å². The van der Waals surface area contributed by atoms with E-state index in [4.69, 9.17) is 5.11 Å². The number of carbonyl (C=O) groups is 1. The molecule has 7 heteroatoms. The molecular weight excluding hydrogens is 282 g/mol. The van der Waals surface area contributed by atoms with Crippen molar-refractivity contribution in [3.8, 4) is 11.3 Å². The van der Waals surface area contributed by atoms with Crippen LogP contribution >= 0.6 is 0 Å². The van der Waals surface area contributed by atoms with Crippen molar-refractivity contribution in [1.29, 1.82) is 0 Å². The Morgan fingerprint density at radius 3 is 2.48 bits per heavy atom. The molecule has 3 rings (SSSR count). The predicted molar refractivity (Wildman–Crippen MR) is 70.3 cm³/mol. The summed E-state index contributed by atoms with van der Waals surface area (Å²) in [6.07, 6.45) is 1.94. The van der Waals surface area contributed by atoms with Gasteiger partial charge in [-0.15, -0.1) is 0 Å². The Bertz CT molecular complexity index is 694. The van der Waals surface area contributed by atoms with Gasteiger partial charge in [0.2, 0.25) is 5.76 Å². The number of hydrogen-bond donors (Lipinski definition) is 1. The van der Waals surface area contributed by atoms with E-state index in [2.05, 4.69) is 9.68 Å². The number of aromatic nitrogens is 1. The molecule has 0 amide bonds. The van der Waals surface area contributed by atoms with Gasteiger partial charge < -0.3 is 14.5 Å². The number of carboxylic acids is 1. The molecule has 0 unspecified atom stereocenters. The van der Waals surface area contributed by atoms with Gasteiger partial charge in [0.15, 0.2) is 11.6 Å². The summed E-state index contributed by atoms with van der Waals surface area (Å²) in [5.41, 5.74) is 0.997. The zero-order valence-electron chi connectivity index (χ0n) is 11.0. The van der Waals surface area contributed by atoms with Crippen molar-refractivity contribution in [3.05, 3.63) is 35.6 Å². The van der Waals surface area contributed by atoms with Gasteiger partial charge in [-0.1, -0.05) is 5.16 Å². The number of hydrogen-bond acceptors (Lipinski definition) is 4. The summed E-state index contributed by atoms with van der Waals surface area (Å²) >= 11 is 0. The molecule has 0 atom stereocenters. The molecule has 110 valence electrons. The first-order valence-corrected chi connectivity index (χ1v) is 6.50. The normalized spacial score (nSPS) is 14.7. The summed E-state index contributed by atoms with van der Waals surface area (Å²) in [5, 5.41) is 12.5. The first-order chi connectivity index (χ1) is 10.1. The fourth-order valence-corrected chi connectivity index (χ4v) is 2.46. The highest BCUT2D eigenvalue weighted by Gasteiger charge is 2.22. The van der Waals surface area contributed by atoms with Crippen LogP contribution in [-0.4, -0.2) is 29.3 Å². The van der Waals surface area contributed by atoms with Gasteiger partial charge in [0, 0.05) is 36.5 Å². The molecule has 1 aliphatic rings. The average Bonchev–Trinajstić information content (AvgIpc) is 3.11. The lowest BCUT2D eigenvalue weighted by atomic mass is 10.1. The Balaban J connectivity index is 2.10. The highest BCUT2D eigenvalue weighted by Crippen LogP contribution is 2.34. The van der Waals surface area contributed by atoms with Crippen LogP contribution in [-0.2, 0) is 0 Å². The Morgan fingerprint density at radius 2 is 1.86 bits per heavy atom. The standard InChI is InChI=1S/C14H12F2N2O3/c15-9-5-8(11-7-13(14(19)20)21-17-11)12(6-10(9)16)18-3-1-2-4-18/h5-7H,1-4H2,(H,19,20). The van der Waals surface area contributed by atoms with Crippen molar-refractivity contribution >= 4 is 11.7 Å². The lowest BCUT2D eigenvalue weighted by molar-refractivity contribution is 0.0652. The van der Waals surface area contributed by atoms with Gasteiger partial charge in [0.1, 0.15) is 5.69 Å². The first-order valence-electron chi connectivity index (χ1n) is 6.50. The minimum Gasteiger partial charge on any atom is -0.475 e. The van der Waals surface area contributed by atoms with Gasteiger partial charge in [-0.2, -0.15) is 0 Å². The van der Waals surface area contributed by atoms with Crippen molar-refractivity contribution in [2.75, 3.05) is 18.0 Å². The van der Waals surface area contributed by atoms with Crippen molar-refractivity contribution in [1.82, 2.24) is 5.16 Å². The van der Waals surface area contributed by atoms with E-state index in [0.717, 1.165) is 38.1 Å². The van der Waals surface area contributed by atoms with Crippen LogP contribution in [0, 0.1) is 11.6 Å². The maximum Gasteiger partial charge on any atom is 0.374 e. The molecule has 21 heavy (non-hydrogen) atoms. The van der Waals surface area contributed by atoms with Crippen LogP contribution in [0.15, 0.2) is 22.7 Å². The summed E-state index contributed by atoms with van der Waals surface area (Å²) in [6.45, 7) is 1.48. The number of aromatic carboxylic acids is 1. The smallest absolute Gasteiger partial charge is 0.374 e. The first kappa shape index (κ1) is 13.5. The van der Waals surface area contributed by atoms with E-state index in [-0.39, 0.29) is 11.5 Å². The molecule has 5 nitrogen and oxygen atoms in total. The van der Waals surface area contributed by atoms with Crippen molar-refractivity contribution in [2.24, 2.45) is 0 Å². The second kappa shape index (κ2) is 5.16. The molecule has 0 spiro atoms. The van der Waals surface area contributed by atoms with Crippen LogP contribution < -0.4 is 4.90 Å². The molecule has 0 saturated carbocycles. The molecule has 1 fully saturated rings. The van der Waals surface area contributed by atoms with Crippen molar-refractivity contribution in [2.45, 2.75) is 12.8 Å². The van der Waals surface area contributed by atoms with E-state index in [9.17, 15) is 13.6 Å². The molecule has 0 aliphatic carbocycles. The van der Waals surface area contributed by atoms with Gasteiger partial charge in [-0.05, 0) is 18.9 Å². The van der Waals surface area contributed by atoms with Gasteiger partial charge >= 0.3 is 5.97 Å². The third-order valence-corrected chi connectivity index (χ3v) is 3.48. The van der Waals surface area contributed by atoms with Crippen molar-refractivity contribution in [3.63, 3.8) is 0 Å². The predicted octanol–water partition coefficient (Wildman–Crippen LogP) is 2.92. The number of halogens is 2. The van der Waals surface area contributed by atoms with E-state index in [1.807, 2.05) is 4.90 Å². The zero-order chi connectivity index (χ0) is 15.0. The Morgan fingerprint density at radius 1 is 1.19 bits per heavy atom.